The lowest BCUT2D eigenvalue weighted by Crippen LogP contribution is -2.44. The summed E-state index contributed by atoms with van der Waals surface area (Å²) in [7, 11) is 0. The van der Waals surface area contributed by atoms with Gasteiger partial charge in [-0.15, -0.1) is 11.3 Å². The van der Waals surface area contributed by atoms with Crippen molar-refractivity contribution in [2.24, 2.45) is 0 Å². The third-order valence-corrected chi connectivity index (χ3v) is 7.35. The van der Waals surface area contributed by atoms with Gasteiger partial charge in [0.05, 0.1) is 23.9 Å². The summed E-state index contributed by atoms with van der Waals surface area (Å²) in [5.74, 6) is 0.600. The maximum Gasteiger partial charge on any atom is 0.150 e. The molecule has 7 heteroatoms. The minimum atomic E-state index is 0.600. The highest BCUT2D eigenvalue weighted by atomic mass is 32.1. The molecule has 0 N–H and O–H groups in total. The first-order chi connectivity index (χ1) is 13.7. The van der Waals surface area contributed by atoms with Gasteiger partial charge in [-0.3, -0.25) is 8.87 Å². The summed E-state index contributed by atoms with van der Waals surface area (Å²) in [4.78, 5) is 12.1. The second-order valence-electron chi connectivity index (χ2n) is 7.93. The second-order valence-corrected chi connectivity index (χ2v) is 9.43. The van der Waals surface area contributed by atoms with Crippen LogP contribution in [0.15, 0.2) is 23.8 Å². The Balaban J connectivity index is 1.38. The first kappa shape index (κ1) is 18.6. The molecule has 5 nitrogen and oxygen atoms in total. The summed E-state index contributed by atoms with van der Waals surface area (Å²) >= 11 is 6.26. The Kier molecular flexibility index (Phi) is 5.17. The molecule has 0 bridgehead atoms. The van der Waals surface area contributed by atoms with E-state index in [9.17, 15) is 0 Å². The summed E-state index contributed by atoms with van der Waals surface area (Å²) in [5.41, 5.74) is 4.43. The van der Waals surface area contributed by atoms with Crippen molar-refractivity contribution in [3.63, 3.8) is 0 Å². The van der Waals surface area contributed by atoms with E-state index in [1.54, 1.807) is 11.3 Å². The molecule has 0 spiro atoms. The molecule has 0 unspecified atom stereocenters. The van der Waals surface area contributed by atoms with Crippen molar-refractivity contribution in [2.45, 2.75) is 44.6 Å². The topological polar surface area (TPSA) is 43.2 Å². The van der Waals surface area contributed by atoms with Gasteiger partial charge < -0.3 is 4.74 Å². The molecule has 0 amide bonds. The predicted molar refractivity (Wildman–Crippen MR) is 117 cm³/mol. The minimum Gasteiger partial charge on any atom is -0.379 e. The van der Waals surface area contributed by atoms with E-state index >= 15 is 0 Å². The lowest BCUT2D eigenvalue weighted by atomic mass is 9.81. The van der Waals surface area contributed by atoms with Crippen LogP contribution in [-0.2, 0) is 4.74 Å². The largest absolute Gasteiger partial charge is 0.379 e. The van der Waals surface area contributed by atoms with Gasteiger partial charge in [0.25, 0.3) is 0 Å². The van der Waals surface area contributed by atoms with Crippen LogP contribution in [0.3, 0.4) is 0 Å². The fourth-order valence-electron chi connectivity index (χ4n) is 4.74. The van der Waals surface area contributed by atoms with E-state index in [0.29, 0.717) is 5.92 Å². The van der Waals surface area contributed by atoms with E-state index in [-0.39, 0.29) is 0 Å². The Hall–Kier alpha value is -1.41. The van der Waals surface area contributed by atoms with Crippen LogP contribution < -0.4 is 0 Å². The summed E-state index contributed by atoms with van der Waals surface area (Å²) < 4.78 is 7.33. The maximum absolute atomic E-state index is 5.51. The van der Waals surface area contributed by atoms with Crippen LogP contribution in [0.1, 0.15) is 42.2 Å². The highest BCUT2D eigenvalue weighted by Gasteiger charge is 2.28. The molecule has 3 aromatic rings. The van der Waals surface area contributed by atoms with Crippen LogP contribution in [0.2, 0.25) is 0 Å². The number of thiol groups is 1. The number of aryl methyl sites for hydroxylation is 1. The number of rotatable bonds is 3. The Bertz CT molecular complexity index is 968. The van der Waals surface area contributed by atoms with Crippen molar-refractivity contribution in [2.75, 3.05) is 26.3 Å². The van der Waals surface area contributed by atoms with Crippen LogP contribution >= 0.6 is 24.2 Å². The van der Waals surface area contributed by atoms with Gasteiger partial charge in [0.2, 0.25) is 0 Å². The number of aromatic nitrogens is 3. The standard InChI is InChI=1S/C21H26N4OS2/c1-14-23-20(13-28-14)19-12-25(27)21-18(19)10-16(11-22-21)15-2-4-17(5-3-15)24-6-8-26-9-7-24/h10-13,15,17,27H,2-9H2,1H3/t15-,17-. The fourth-order valence-corrected chi connectivity index (χ4v) is 5.63. The average molecular weight is 415 g/mol. The molecule has 0 radical (unpaired) electrons. The molecular weight excluding hydrogens is 388 g/mol. The fraction of sp³-hybridized carbons (Fsp3) is 0.524. The van der Waals surface area contributed by atoms with Crippen molar-refractivity contribution in [3.8, 4) is 11.3 Å². The molecular formula is C21H26N4OS2. The Morgan fingerprint density at radius 3 is 2.68 bits per heavy atom. The number of hydrogen-bond donors (Lipinski definition) is 1. The molecule has 3 aromatic heterocycles. The lowest BCUT2D eigenvalue weighted by molar-refractivity contribution is 0.00729. The number of hydrogen-bond acceptors (Lipinski definition) is 6. The monoisotopic (exact) mass is 414 g/mol. The second kappa shape index (κ2) is 7.78. The van der Waals surface area contributed by atoms with Gasteiger partial charge in [0, 0.05) is 47.9 Å². The molecule has 1 saturated heterocycles. The number of pyridine rings is 1. The summed E-state index contributed by atoms with van der Waals surface area (Å²) in [6, 6.07) is 3.06. The highest BCUT2D eigenvalue weighted by Crippen LogP contribution is 2.38. The first-order valence-electron chi connectivity index (χ1n) is 10.1. The van der Waals surface area contributed by atoms with Gasteiger partial charge in [-0.1, -0.05) is 12.8 Å². The van der Waals surface area contributed by atoms with Crippen molar-refractivity contribution < 1.29 is 4.74 Å². The SMILES string of the molecule is Cc1nc(-c2cn(S)c3ncc([C@H]4CC[C@H](N5CCOCC5)CC4)cc23)cs1. The zero-order chi connectivity index (χ0) is 19.1. The average Bonchev–Trinajstić information content (AvgIpc) is 3.32. The number of thiazole rings is 1. The maximum atomic E-state index is 5.51. The van der Waals surface area contributed by atoms with Crippen molar-refractivity contribution in [1.29, 1.82) is 0 Å². The van der Waals surface area contributed by atoms with Gasteiger partial charge in [0.1, 0.15) is 5.65 Å². The number of morpholine rings is 1. The van der Waals surface area contributed by atoms with E-state index in [4.69, 9.17) is 9.72 Å². The van der Waals surface area contributed by atoms with Gasteiger partial charge >= 0.3 is 0 Å². The van der Waals surface area contributed by atoms with Crippen LogP contribution in [0, 0.1) is 6.92 Å². The van der Waals surface area contributed by atoms with E-state index in [1.165, 1.54) is 31.2 Å². The smallest absolute Gasteiger partial charge is 0.150 e. The Morgan fingerprint density at radius 2 is 1.96 bits per heavy atom. The molecule has 0 aromatic carbocycles. The molecule has 4 heterocycles. The molecule has 5 rings (SSSR count). The lowest BCUT2D eigenvalue weighted by Gasteiger charge is -2.38. The predicted octanol–water partition coefficient (Wildman–Crippen LogP) is 4.52. The van der Waals surface area contributed by atoms with Crippen molar-refractivity contribution in [3.05, 3.63) is 34.4 Å². The van der Waals surface area contributed by atoms with Gasteiger partial charge in [0.15, 0.2) is 0 Å². The molecule has 1 aliphatic carbocycles. The molecule has 1 saturated carbocycles. The summed E-state index contributed by atoms with van der Waals surface area (Å²) in [6.07, 6.45) is 9.12. The summed E-state index contributed by atoms with van der Waals surface area (Å²) in [5, 5.41) is 4.37. The van der Waals surface area contributed by atoms with Crippen LogP contribution in [0.25, 0.3) is 22.3 Å². The zero-order valence-corrected chi connectivity index (χ0v) is 17.9. The van der Waals surface area contributed by atoms with Gasteiger partial charge in [-0.25, -0.2) is 9.97 Å². The number of ether oxygens (including phenoxy) is 1. The molecule has 2 aliphatic rings. The molecule has 1 aliphatic heterocycles. The number of nitrogens with zero attached hydrogens (tertiary/aromatic N) is 4. The van der Waals surface area contributed by atoms with Crippen LogP contribution in [-0.4, -0.2) is 51.2 Å². The van der Waals surface area contributed by atoms with Gasteiger partial charge in [-0.2, -0.15) is 0 Å². The van der Waals surface area contributed by atoms with Crippen LogP contribution in [0.4, 0.5) is 0 Å². The van der Waals surface area contributed by atoms with E-state index in [1.807, 2.05) is 17.1 Å². The Morgan fingerprint density at radius 1 is 1.18 bits per heavy atom. The molecule has 0 atom stereocenters. The quantitative estimate of drug-likeness (QED) is 0.640. The number of fused-ring (bicyclic) bond motifs is 1. The highest BCUT2D eigenvalue weighted by molar-refractivity contribution is 7.78. The summed E-state index contributed by atoms with van der Waals surface area (Å²) in [6.45, 7) is 6.01. The van der Waals surface area contributed by atoms with E-state index < -0.39 is 0 Å². The zero-order valence-electron chi connectivity index (χ0n) is 16.2. The third-order valence-electron chi connectivity index (χ3n) is 6.27. The normalized spacial score (nSPS) is 24.1. The molecule has 2 fully saturated rings. The molecule has 148 valence electrons. The van der Waals surface area contributed by atoms with E-state index in [0.717, 1.165) is 59.6 Å². The van der Waals surface area contributed by atoms with Gasteiger partial charge in [-0.05, 0) is 50.2 Å². The Labute approximate surface area is 175 Å². The van der Waals surface area contributed by atoms with Crippen molar-refractivity contribution >= 4 is 35.2 Å². The van der Waals surface area contributed by atoms with E-state index in [2.05, 4.69) is 40.3 Å². The third kappa shape index (κ3) is 3.49. The minimum absolute atomic E-state index is 0.600. The molecule has 28 heavy (non-hydrogen) atoms. The van der Waals surface area contributed by atoms with Crippen LogP contribution in [0.5, 0.6) is 0 Å². The first-order valence-corrected chi connectivity index (χ1v) is 11.4. The van der Waals surface area contributed by atoms with Crippen molar-refractivity contribution in [1.82, 2.24) is 18.8 Å².